The maximum atomic E-state index is 13.3. The quantitative estimate of drug-likeness (QED) is 0.872. The zero-order valence-corrected chi connectivity index (χ0v) is 10.5. The van der Waals surface area contributed by atoms with Gasteiger partial charge in [0, 0.05) is 12.6 Å². The number of hydrogen-bond acceptors (Lipinski definition) is 2. The molecular formula is C14H20FNO. The van der Waals surface area contributed by atoms with E-state index in [4.69, 9.17) is 4.74 Å². The van der Waals surface area contributed by atoms with Crippen LogP contribution in [0.15, 0.2) is 18.2 Å². The van der Waals surface area contributed by atoms with Crippen molar-refractivity contribution in [2.24, 2.45) is 0 Å². The Balaban J connectivity index is 2.13. The van der Waals surface area contributed by atoms with E-state index in [1.165, 1.54) is 6.07 Å². The molecule has 0 aromatic heterocycles. The van der Waals surface area contributed by atoms with Crippen LogP contribution in [0.3, 0.4) is 0 Å². The molecule has 1 aliphatic rings. The smallest absolute Gasteiger partial charge is 0.123 e. The van der Waals surface area contributed by atoms with Crippen molar-refractivity contribution < 1.29 is 9.13 Å². The number of halogens is 1. The first-order valence-electron chi connectivity index (χ1n) is 6.31. The van der Waals surface area contributed by atoms with Gasteiger partial charge in [-0.05, 0) is 49.6 Å². The number of rotatable bonds is 3. The number of nitrogens with one attached hydrogen (secondary N) is 1. The lowest BCUT2D eigenvalue weighted by Crippen LogP contribution is -2.36. The first-order chi connectivity index (χ1) is 8.20. The molecule has 0 spiro atoms. The van der Waals surface area contributed by atoms with Crippen LogP contribution >= 0.6 is 0 Å². The molecule has 3 heteroatoms. The molecule has 0 amide bonds. The molecule has 0 bridgehead atoms. The standard InChI is InChI=1S/C14H20FNO/c1-3-16-12-6-7-17-14(9-12)13-8-11(15)5-4-10(13)2/h4-5,8,12,14,16H,3,6-7,9H2,1-2H3. The van der Waals surface area contributed by atoms with Gasteiger partial charge in [0.2, 0.25) is 0 Å². The van der Waals surface area contributed by atoms with E-state index >= 15 is 0 Å². The predicted octanol–water partition coefficient (Wildman–Crippen LogP) is 2.96. The summed E-state index contributed by atoms with van der Waals surface area (Å²) in [5.74, 6) is -0.181. The fraction of sp³-hybridized carbons (Fsp3) is 0.571. The Morgan fingerprint density at radius 1 is 1.47 bits per heavy atom. The zero-order chi connectivity index (χ0) is 12.3. The van der Waals surface area contributed by atoms with E-state index in [0.717, 1.165) is 37.1 Å². The predicted molar refractivity (Wildman–Crippen MR) is 66.5 cm³/mol. The van der Waals surface area contributed by atoms with Gasteiger partial charge in [-0.3, -0.25) is 0 Å². The van der Waals surface area contributed by atoms with E-state index in [2.05, 4.69) is 12.2 Å². The molecule has 2 nitrogen and oxygen atoms in total. The second-order valence-electron chi connectivity index (χ2n) is 4.64. The molecule has 1 aliphatic heterocycles. The summed E-state index contributed by atoms with van der Waals surface area (Å²) in [6.45, 7) is 5.84. The van der Waals surface area contributed by atoms with E-state index in [1.54, 1.807) is 6.07 Å². The molecule has 0 radical (unpaired) electrons. The maximum Gasteiger partial charge on any atom is 0.123 e. The van der Waals surface area contributed by atoms with Crippen LogP contribution in [0.2, 0.25) is 0 Å². The highest BCUT2D eigenvalue weighted by atomic mass is 19.1. The Bertz CT molecular complexity index is 378. The molecule has 1 saturated heterocycles. The highest BCUT2D eigenvalue weighted by Gasteiger charge is 2.24. The minimum Gasteiger partial charge on any atom is -0.373 e. The third kappa shape index (κ3) is 3.05. The van der Waals surface area contributed by atoms with Crippen molar-refractivity contribution in [3.8, 4) is 0 Å². The fourth-order valence-electron chi connectivity index (χ4n) is 2.45. The Hall–Kier alpha value is -0.930. The lowest BCUT2D eigenvalue weighted by atomic mass is 9.94. The zero-order valence-electron chi connectivity index (χ0n) is 10.5. The maximum absolute atomic E-state index is 13.3. The van der Waals surface area contributed by atoms with Crippen molar-refractivity contribution in [3.63, 3.8) is 0 Å². The molecule has 17 heavy (non-hydrogen) atoms. The van der Waals surface area contributed by atoms with Gasteiger partial charge in [0.05, 0.1) is 6.10 Å². The molecule has 94 valence electrons. The number of benzene rings is 1. The van der Waals surface area contributed by atoms with Crippen LogP contribution in [-0.4, -0.2) is 19.2 Å². The van der Waals surface area contributed by atoms with Crippen LogP contribution in [-0.2, 0) is 4.74 Å². The summed E-state index contributed by atoms with van der Waals surface area (Å²) in [5, 5.41) is 3.44. The number of hydrogen-bond donors (Lipinski definition) is 1. The minimum absolute atomic E-state index is 0.0310. The summed E-state index contributed by atoms with van der Waals surface area (Å²) < 4.78 is 19.0. The van der Waals surface area contributed by atoms with Crippen molar-refractivity contribution in [1.82, 2.24) is 5.32 Å². The first kappa shape index (κ1) is 12.5. The monoisotopic (exact) mass is 237 g/mol. The van der Waals surface area contributed by atoms with Gasteiger partial charge in [-0.2, -0.15) is 0 Å². The molecule has 2 unspecified atom stereocenters. The first-order valence-corrected chi connectivity index (χ1v) is 6.31. The van der Waals surface area contributed by atoms with E-state index < -0.39 is 0 Å². The second kappa shape index (κ2) is 5.61. The van der Waals surface area contributed by atoms with Crippen LogP contribution < -0.4 is 5.32 Å². The van der Waals surface area contributed by atoms with Crippen molar-refractivity contribution >= 4 is 0 Å². The molecule has 1 N–H and O–H groups in total. The van der Waals surface area contributed by atoms with Gasteiger partial charge in [-0.1, -0.05) is 13.0 Å². The number of aryl methyl sites for hydroxylation is 1. The van der Waals surface area contributed by atoms with Crippen LogP contribution in [0.25, 0.3) is 0 Å². The fourth-order valence-corrected chi connectivity index (χ4v) is 2.45. The van der Waals surface area contributed by atoms with Gasteiger partial charge in [-0.25, -0.2) is 4.39 Å². The van der Waals surface area contributed by atoms with Gasteiger partial charge in [0.1, 0.15) is 5.82 Å². The Kier molecular flexibility index (Phi) is 4.13. The average Bonchev–Trinajstić information content (AvgIpc) is 2.33. The summed E-state index contributed by atoms with van der Waals surface area (Å²) in [7, 11) is 0. The molecule has 1 aromatic rings. The van der Waals surface area contributed by atoms with Gasteiger partial charge < -0.3 is 10.1 Å². The van der Waals surface area contributed by atoms with E-state index in [1.807, 2.05) is 13.0 Å². The van der Waals surface area contributed by atoms with Crippen LogP contribution in [0.1, 0.15) is 37.0 Å². The summed E-state index contributed by atoms with van der Waals surface area (Å²) in [6, 6.07) is 5.42. The lowest BCUT2D eigenvalue weighted by Gasteiger charge is -2.31. The Morgan fingerprint density at radius 2 is 2.29 bits per heavy atom. The van der Waals surface area contributed by atoms with Crippen molar-refractivity contribution in [2.75, 3.05) is 13.2 Å². The highest BCUT2D eigenvalue weighted by Crippen LogP contribution is 2.30. The van der Waals surface area contributed by atoms with Gasteiger partial charge in [-0.15, -0.1) is 0 Å². The van der Waals surface area contributed by atoms with Crippen LogP contribution in [0.5, 0.6) is 0 Å². The topological polar surface area (TPSA) is 21.3 Å². The van der Waals surface area contributed by atoms with Crippen molar-refractivity contribution in [3.05, 3.63) is 35.1 Å². The Labute approximate surface area is 102 Å². The summed E-state index contributed by atoms with van der Waals surface area (Å²) >= 11 is 0. The third-order valence-electron chi connectivity index (χ3n) is 3.36. The van der Waals surface area contributed by atoms with Gasteiger partial charge >= 0.3 is 0 Å². The average molecular weight is 237 g/mol. The molecule has 2 rings (SSSR count). The van der Waals surface area contributed by atoms with Gasteiger partial charge in [0.15, 0.2) is 0 Å². The molecular weight excluding hydrogens is 217 g/mol. The second-order valence-corrected chi connectivity index (χ2v) is 4.64. The van der Waals surface area contributed by atoms with Crippen LogP contribution in [0, 0.1) is 12.7 Å². The minimum atomic E-state index is -0.181. The molecule has 1 heterocycles. The van der Waals surface area contributed by atoms with E-state index in [9.17, 15) is 4.39 Å². The van der Waals surface area contributed by atoms with E-state index in [0.29, 0.717) is 6.04 Å². The highest BCUT2D eigenvalue weighted by molar-refractivity contribution is 5.29. The summed E-state index contributed by atoms with van der Waals surface area (Å²) in [6.07, 6.45) is 2.00. The molecule has 0 aliphatic carbocycles. The SMILES string of the molecule is CCNC1CCOC(c2cc(F)ccc2C)C1. The Morgan fingerprint density at radius 3 is 3.06 bits per heavy atom. The lowest BCUT2D eigenvalue weighted by molar-refractivity contribution is 0.0000947. The van der Waals surface area contributed by atoms with Crippen molar-refractivity contribution in [2.45, 2.75) is 38.8 Å². The normalized spacial score (nSPS) is 24.9. The molecule has 1 aromatic carbocycles. The third-order valence-corrected chi connectivity index (χ3v) is 3.36. The summed E-state index contributed by atoms with van der Waals surface area (Å²) in [4.78, 5) is 0. The number of ether oxygens (including phenoxy) is 1. The van der Waals surface area contributed by atoms with Gasteiger partial charge in [0.25, 0.3) is 0 Å². The molecule has 2 atom stereocenters. The van der Waals surface area contributed by atoms with Crippen LogP contribution in [0.4, 0.5) is 4.39 Å². The molecule has 1 fully saturated rings. The van der Waals surface area contributed by atoms with Crippen molar-refractivity contribution in [1.29, 1.82) is 0 Å². The largest absolute Gasteiger partial charge is 0.373 e. The van der Waals surface area contributed by atoms with E-state index in [-0.39, 0.29) is 11.9 Å². The molecule has 0 saturated carbocycles. The summed E-state index contributed by atoms with van der Waals surface area (Å²) in [5.41, 5.74) is 2.10.